The molecule has 0 unspecified atom stereocenters. The van der Waals surface area contributed by atoms with Crippen LogP contribution in [0.3, 0.4) is 0 Å². The second-order valence-corrected chi connectivity index (χ2v) is 7.11. The van der Waals surface area contributed by atoms with E-state index in [4.69, 9.17) is 4.74 Å². The van der Waals surface area contributed by atoms with E-state index < -0.39 is 0 Å². The number of carbonyl (C=O) groups is 1. The minimum absolute atomic E-state index is 0.131. The zero-order chi connectivity index (χ0) is 19.7. The van der Waals surface area contributed by atoms with Gasteiger partial charge in [-0.05, 0) is 55.3 Å². The van der Waals surface area contributed by atoms with E-state index in [-0.39, 0.29) is 11.7 Å². The number of carbonyl (C=O) groups excluding carboxylic acids is 1. The van der Waals surface area contributed by atoms with Crippen molar-refractivity contribution in [3.8, 4) is 0 Å². The molecular formula is C22H22FN3O2. The lowest BCUT2D eigenvalue weighted by atomic mass is 10.1. The number of benzene rings is 2. The van der Waals surface area contributed by atoms with Gasteiger partial charge in [-0.2, -0.15) is 0 Å². The Morgan fingerprint density at radius 2 is 1.82 bits per heavy atom. The number of nitrogens with one attached hydrogen (secondary N) is 1. The van der Waals surface area contributed by atoms with Crippen LogP contribution in [0.1, 0.15) is 21.5 Å². The number of aromatic nitrogens is 1. The summed E-state index contributed by atoms with van der Waals surface area (Å²) in [6.45, 7) is 6.12. The van der Waals surface area contributed by atoms with Gasteiger partial charge in [0.2, 0.25) is 0 Å². The number of halogens is 1. The van der Waals surface area contributed by atoms with Crippen molar-refractivity contribution in [2.45, 2.75) is 13.8 Å². The van der Waals surface area contributed by atoms with Crippen LogP contribution in [0.4, 0.5) is 15.8 Å². The molecule has 1 amide bonds. The van der Waals surface area contributed by atoms with Gasteiger partial charge in [-0.3, -0.25) is 9.78 Å². The number of amides is 1. The second kappa shape index (κ2) is 7.56. The Kier molecular flexibility index (Phi) is 4.96. The maximum Gasteiger partial charge on any atom is 0.257 e. The van der Waals surface area contributed by atoms with Crippen LogP contribution >= 0.6 is 0 Å². The summed E-state index contributed by atoms with van der Waals surface area (Å²) in [6, 6.07) is 10.5. The van der Waals surface area contributed by atoms with Crippen LogP contribution in [-0.2, 0) is 4.74 Å². The van der Waals surface area contributed by atoms with Gasteiger partial charge in [0.15, 0.2) is 0 Å². The van der Waals surface area contributed by atoms with Crippen LogP contribution in [0.2, 0.25) is 0 Å². The Balaban J connectivity index is 1.84. The van der Waals surface area contributed by atoms with E-state index in [0.29, 0.717) is 48.5 Å². The fourth-order valence-corrected chi connectivity index (χ4v) is 3.59. The maximum atomic E-state index is 14.0. The maximum absolute atomic E-state index is 14.0. The lowest BCUT2D eigenvalue weighted by molar-refractivity contribution is 0.0303. The molecule has 1 aromatic heterocycles. The molecule has 1 N–H and O–H groups in total. The van der Waals surface area contributed by atoms with Gasteiger partial charge in [0.25, 0.3) is 5.91 Å². The molecule has 2 heterocycles. The Hall–Kier alpha value is -2.99. The first-order valence-corrected chi connectivity index (χ1v) is 9.32. The highest BCUT2D eigenvalue weighted by Gasteiger charge is 2.23. The number of fused-ring (bicyclic) bond motifs is 1. The molecule has 0 bridgehead atoms. The zero-order valence-corrected chi connectivity index (χ0v) is 16.0. The summed E-state index contributed by atoms with van der Waals surface area (Å²) in [5.41, 5.74) is 4.70. The molecule has 1 aliphatic heterocycles. The molecule has 144 valence electrons. The number of ether oxygens (including phenoxy) is 1. The number of rotatable bonds is 3. The first-order chi connectivity index (χ1) is 13.5. The standard InChI is InChI=1S/C22H22FN3O2/c1-14-9-15(2)11-17(10-14)25-21-18-12-16(23)3-4-20(18)24-13-19(21)22(27)26-5-7-28-8-6-26/h3-4,9-13H,5-8H2,1-2H3,(H,24,25). The van der Waals surface area contributed by atoms with E-state index in [0.717, 1.165) is 16.8 Å². The smallest absolute Gasteiger partial charge is 0.257 e. The predicted octanol–water partition coefficient (Wildman–Crippen LogP) is 4.21. The number of hydrogen-bond donors (Lipinski definition) is 1. The largest absolute Gasteiger partial charge is 0.378 e. The van der Waals surface area contributed by atoms with Crippen molar-refractivity contribution >= 4 is 28.2 Å². The van der Waals surface area contributed by atoms with E-state index in [1.807, 2.05) is 26.0 Å². The average molecular weight is 379 g/mol. The molecule has 1 aliphatic rings. The summed E-state index contributed by atoms with van der Waals surface area (Å²) >= 11 is 0. The predicted molar refractivity (Wildman–Crippen MR) is 108 cm³/mol. The van der Waals surface area contributed by atoms with Gasteiger partial charge in [-0.25, -0.2) is 4.39 Å². The Morgan fingerprint density at radius 3 is 2.54 bits per heavy atom. The minimum atomic E-state index is -0.367. The van der Waals surface area contributed by atoms with Gasteiger partial charge in [-0.15, -0.1) is 0 Å². The number of nitrogens with zero attached hydrogens (tertiary/aromatic N) is 2. The number of morpholine rings is 1. The summed E-state index contributed by atoms with van der Waals surface area (Å²) in [7, 11) is 0. The van der Waals surface area contributed by atoms with Gasteiger partial charge in [0.1, 0.15) is 5.82 Å². The average Bonchev–Trinajstić information content (AvgIpc) is 2.68. The topological polar surface area (TPSA) is 54.5 Å². The van der Waals surface area contributed by atoms with E-state index in [1.165, 1.54) is 12.1 Å². The monoisotopic (exact) mass is 379 g/mol. The molecular weight excluding hydrogens is 357 g/mol. The molecule has 6 heteroatoms. The quantitative estimate of drug-likeness (QED) is 0.741. The zero-order valence-electron chi connectivity index (χ0n) is 16.0. The first kappa shape index (κ1) is 18.4. The van der Waals surface area contributed by atoms with Gasteiger partial charge >= 0.3 is 0 Å². The minimum Gasteiger partial charge on any atom is -0.378 e. The van der Waals surface area contributed by atoms with Crippen LogP contribution in [0.5, 0.6) is 0 Å². The molecule has 0 radical (unpaired) electrons. The number of hydrogen-bond acceptors (Lipinski definition) is 4. The van der Waals surface area contributed by atoms with Crippen molar-refractivity contribution < 1.29 is 13.9 Å². The fraction of sp³-hybridized carbons (Fsp3) is 0.273. The Bertz CT molecular complexity index is 1030. The molecule has 5 nitrogen and oxygen atoms in total. The van der Waals surface area contributed by atoms with Crippen LogP contribution in [-0.4, -0.2) is 42.1 Å². The van der Waals surface area contributed by atoms with Crippen LogP contribution < -0.4 is 5.32 Å². The number of anilines is 2. The Morgan fingerprint density at radius 1 is 1.11 bits per heavy atom. The number of pyridine rings is 1. The normalized spacial score (nSPS) is 14.3. The van der Waals surface area contributed by atoms with Crippen LogP contribution in [0.25, 0.3) is 10.9 Å². The molecule has 0 aliphatic carbocycles. The van der Waals surface area contributed by atoms with Crippen molar-refractivity contribution in [1.82, 2.24) is 9.88 Å². The molecule has 3 aromatic rings. The molecule has 28 heavy (non-hydrogen) atoms. The van der Waals surface area contributed by atoms with Crippen LogP contribution in [0.15, 0.2) is 42.6 Å². The van der Waals surface area contributed by atoms with Crippen molar-refractivity contribution in [3.63, 3.8) is 0 Å². The molecule has 0 spiro atoms. The van der Waals surface area contributed by atoms with E-state index in [1.54, 1.807) is 17.2 Å². The van der Waals surface area contributed by atoms with Crippen molar-refractivity contribution in [2.24, 2.45) is 0 Å². The Labute approximate surface area is 163 Å². The lowest BCUT2D eigenvalue weighted by Gasteiger charge is -2.28. The summed E-state index contributed by atoms with van der Waals surface area (Å²) in [5.74, 6) is -0.498. The molecule has 1 fully saturated rings. The molecule has 0 atom stereocenters. The van der Waals surface area contributed by atoms with Gasteiger partial charge in [0.05, 0.1) is 30.0 Å². The summed E-state index contributed by atoms with van der Waals surface area (Å²) in [5, 5.41) is 3.94. The third-order valence-corrected chi connectivity index (χ3v) is 4.85. The molecule has 0 saturated carbocycles. The molecule has 2 aromatic carbocycles. The summed E-state index contributed by atoms with van der Waals surface area (Å²) in [6.07, 6.45) is 1.57. The highest BCUT2D eigenvalue weighted by atomic mass is 19.1. The van der Waals surface area contributed by atoms with Crippen molar-refractivity contribution in [1.29, 1.82) is 0 Å². The molecule has 4 rings (SSSR count). The van der Waals surface area contributed by atoms with Gasteiger partial charge in [0, 0.05) is 30.4 Å². The van der Waals surface area contributed by atoms with E-state index in [9.17, 15) is 9.18 Å². The SMILES string of the molecule is Cc1cc(C)cc(Nc2c(C(=O)N3CCOCC3)cnc3ccc(F)cc23)c1. The van der Waals surface area contributed by atoms with Crippen LogP contribution in [0, 0.1) is 19.7 Å². The number of aryl methyl sites for hydroxylation is 2. The van der Waals surface area contributed by atoms with Gasteiger partial charge in [-0.1, -0.05) is 6.07 Å². The van der Waals surface area contributed by atoms with Gasteiger partial charge < -0.3 is 15.0 Å². The highest BCUT2D eigenvalue weighted by Crippen LogP contribution is 2.31. The highest BCUT2D eigenvalue weighted by molar-refractivity contribution is 6.08. The second-order valence-electron chi connectivity index (χ2n) is 7.11. The van der Waals surface area contributed by atoms with Crippen molar-refractivity contribution in [3.05, 3.63) is 65.1 Å². The first-order valence-electron chi connectivity index (χ1n) is 9.32. The third-order valence-electron chi connectivity index (χ3n) is 4.85. The fourth-order valence-electron chi connectivity index (χ4n) is 3.59. The van der Waals surface area contributed by atoms with Crippen molar-refractivity contribution in [2.75, 3.05) is 31.6 Å². The van der Waals surface area contributed by atoms with E-state index >= 15 is 0 Å². The summed E-state index contributed by atoms with van der Waals surface area (Å²) < 4.78 is 19.4. The van der Waals surface area contributed by atoms with E-state index in [2.05, 4.69) is 16.4 Å². The molecule has 1 saturated heterocycles. The lowest BCUT2D eigenvalue weighted by Crippen LogP contribution is -2.41. The summed E-state index contributed by atoms with van der Waals surface area (Å²) in [4.78, 5) is 19.3. The third kappa shape index (κ3) is 3.68.